The maximum Gasteiger partial charge on any atom is 0.261 e. The maximum absolute atomic E-state index is 12.8. The van der Waals surface area contributed by atoms with E-state index in [0.717, 1.165) is 43.9 Å². The summed E-state index contributed by atoms with van der Waals surface area (Å²) in [4.78, 5) is 12.8. The van der Waals surface area contributed by atoms with Crippen LogP contribution in [0.5, 0.6) is 5.75 Å². The number of aromatic nitrogens is 2. The molecule has 158 valence electrons. The molecule has 2 heterocycles. The molecule has 4 fully saturated rings. The number of hydrogen-bond acceptors (Lipinski definition) is 6. The highest BCUT2D eigenvalue weighted by Gasteiger charge is 2.72. The van der Waals surface area contributed by atoms with Crippen LogP contribution >= 0.6 is 11.6 Å². The molecule has 7 rings (SSSR count). The summed E-state index contributed by atoms with van der Waals surface area (Å²) in [6.45, 7) is 2.19. The van der Waals surface area contributed by atoms with Crippen molar-refractivity contribution in [2.75, 3.05) is 0 Å². The lowest BCUT2D eigenvalue weighted by Crippen LogP contribution is -2.77. The molecule has 2 unspecified atom stereocenters. The Morgan fingerprint density at radius 1 is 1.30 bits per heavy atom. The van der Waals surface area contributed by atoms with Crippen LogP contribution in [0.25, 0.3) is 0 Å². The van der Waals surface area contributed by atoms with Gasteiger partial charge in [-0.1, -0.05) is 24.9 Å². The fourth-order valence-corrected chi connectivity index (χ4v) is 5.85. The number of hydrogen-bond donors (Lipinski definition) is 2. The van der Waals surface area contributed by atoms with E-state index >= 15 is 0 Å². The molecule has 7 nitrogen and oxygen atoms in total. The predicted molar refractivity (Wildman–Crippen MR) is 107 cm³/mol. The number of carbonyl (C=O) groups is 1. The number of fused-ring (bicyclic) bond motifs is 1. The van der Waals surface area contributed by atoms with Crippen molar-refractivity contribution < 1.29 is 19.1 Å². The third-order valence-corrected chi connectivity index (χ3v) is 7.64. The van der Waals surface area contributed by atoms with Gasteiger partial charge in [-0.05, 0) is 49.8 Å². The third kappa shape index (κ3) is 2.71. The Kier molecular flexibility index (Phi) is 3.85. The number of benzene rings is 1. The van der Waals surface area contributed by atoms with Gasteiger partial charge in [0.15, 0.2) is 6.10 Å². The van der Waals surface area contributed by atoms with E-state index in [0.29, 0.717) is 28.2 Å². The number of nitrogens with zero attached hydrogens (tertiary/aromatic N) is 2. The van der Waals surface area contributed by atoms with Gasteiger partial charge < -0.3 is 19.6 Å². The second-order valence-corrected chi connectivity index (χ2v) is 10.0. The van der Waals surface area contributed by atoms with Gasteiger partial charge in [-0.2, -0.15) is 0 Å². The van der Waals surface area contributed by atoms with Crippen LogP contribution in [0, 0.1) is 5.92 Å². The van der Waals surface area contributed by atoms with Gasteiger partial charge in [0, 0.05) is 28.5 Å². The van der Waals surface area contributed by atoms with Crippen molar-refractivity contribution in [3.8, 4) is 5.75 Å². The van der Waals surface area contributed by atoms with Crippen molar-refractivity contribution >= 4 is 17.5 Å². The van der Waals surface area contributed by atoms with Crippen LogP contribution in [0.1, 0.15) is 74.8 Å². The summed E-state index contributed by atoms with van der Waals surface area (Å²) in [5.74, 6) is 2.96. The average molecular weight is 430 g/mol. The fourth-order valence-electron chi connectivity index (χ4n) is 5.67. The van der Waals surface area contributed by atoms with Crippen molar-refractivity contribution in [1.82, 2.24) is 15.5 Å². The van der Waals surface area contributed by atoms with Gasteiger partial charge in [0.05, 0.1) is 11.5 Å². The number of carbonyl (C=O) groups excluding carboxylic acids is 1. The molecule has 0 saturated heterocycles. The van der Waals surface area contributed by atoms with Crippen molar-refractivity contribution in [2.24, 2.45) is 5.92 Å². The molecule has 2 aromatic rings. The lowest BCUT2D eigenvalue weighted by Gasteiger charge is -2.68. The Morgan fingerprint density at radius 3 is 2.83 bits per heavy atom. The van der Waals surface area contributed by atoms with Crippen LogP contribution in [0.2, 0.25) is 5.02 Å². The Hall–Kier alpha value is -2.12. The van der Waals surface area contributed by atoms with Crippen molar-refractivity contribution in [3.05, 3.63) is 40.6 Å². The van der Waals surface area contributed by atoms with Gasteiger partial charge in [-0.25, -0.2) is 0 Å². The highest BCUT2D eigenvalue weighted by molar-refractivity contribution is 6.30. The minimum Gasteiger partial charge on any atom is -0.480 e. The van der Waals surface area contributed by atoms with Crippen molar-refractivity contribution in [1.29, 1.82) is 0 Å². The first kappa shape index (κ1) is 18.6. The molecule has 1 amide bonds. The van der Waals surface area contributed by atoms with Crippen LogP contribution < -0.4 is 10.1 Å². The van der Waals surface area contributed by atoms with Crippen LogP contribution in [-0.4, -0.2) is 32.9 Å². The number of rotatable bonds is 5. The SMILES string of the molecule is CC[C@@H]1C[C@H]1c1nnc(C23CC(NC(=O)C4CC(O)c5cc(Cl)ccc5O4)(C2)C3)o1. The number of nitrogens with one attached hydrogen (secondary N) is 1. The minimum atomic E-state index is -0.770. The van der Waals surface area contributed by atoms with E-state index in [-0.39, 0.29) is 23.3 Å². The zero-order valence-corrected chi connectivity index (χ0v) is 17.5. The Bertz CT molecular complexity index is 1020. The van der Waals surface area contributed by atoms with Gasteiger partial charge in [-0.15, -0.1) is 10.2 Å². The lowest BCUT2D eigenvalue weighted by molar-refractivity contribution is -0.149. The monoisotopic (exact) mass is 429 g/mol. The Morgan fingerprint density at radius 2 is 2.10 bits per heavy atom. The first-order valence-corrected chi connectivity index (χ1v) is 11.1. The highest BCUT2D eigenvalue weighted by atomic mass is 35.5. The molecule has 30 heavy (non-hydrogen) atoms. The van der Waals surface area contributed by atoms with Crippen LogP contribution in [0.15, 0.2) is 22.6 Å². The first-order chi connectivity index (χ1) is 14.4. The topological polar surface area (TPSA) is 97.5 Å². The molecule has 1 aliphatic heterocycles. The molecule has 0 spiro atoms. The summed E-state index contributed by atoms with van der Waals surface area (Å²) >= 11 is 6.00. The molecule has 8 heteroatoms. The summed E-state index contributed by atoms with van der Waals surface area (Å²) in [5.41, 5.74) is 0.334. The predicted octanol–water partition coefficient (Wildman–Crippen LogP) is 3.41. The van der Waals surface area contributed by atoms with Gasteiger partial charge in [0.1, 0.15) is 5.75 Å². The lowest BCUT2D eigenvalue weighted by atomic mass is 9.39. The summed E-state index contributed by atoms with van der Waals surface area (Å²) < 4.78 is 11.9. The first-order valence-electron chi connectivity index (χ1n) is 10.7. The molecule has 5 aliphatic rings. The van der Waals surface area contributed by atoms with Gasteiger partial charge >= 0.3 is 0 Å². The van der Waals surface area contributed by atoms with Gasteiger partial charge in [0.2, 0.25) is 11.8 Å². The number of aliphatic hydroxyl groups is 1. The van der Waals surface area contributed by atoms with E-state index in [4.69, 9.17) is 20.8 Å². The average Bonchev–Trinajstić information content (AvgIpc) is 3.31. The molecule has 4 saturated carbocycles. The van der Waals surface area contributed by atoms with Crippen LogP contribution in [-0.2, 0) is 10.2 Å². The molecule has 2 N–H and O–H groups in total. The number of amides is 1. The van der Waals surface area contributed by atoms with E-state index in [1.165, 1.54) is 0 Å². The zero-order chi connectivity index (χ0) is 20.7. The van der Waals surface area contributed by atoms with Gasteiger partial charge in [0.25, 0.3) is 5.91 Å². The smallest absolute Gasteiger partial charge is 0.261 e. The Balaban J connectivity index is 1.08. The van der Waals surface area contributed by atoms with Gasteiger partial charge in [-0.3, -0.25) is 4.79 Å². The molecular formula is C22H24ClN3O4. The normalized spacial score (nSPS) is 38.0. The number of aliphatic hydroxyl groups excluding tert-OH is 1. The fraction of sp³-hybridized carbons (Fsp3) is 0.591. The zero-order valence-electron chi connectivity index (χ0n) is 16.7. The quantitative estimate of drug-likeness (QED) is 0.755. The van der Waals surface area contributed by atoms with Crippen LogP contribution in [0.4, 0.5) is 0 Å². The van der Waals surface area contributed by atoms with Crippen LogP contribution in [0.3, 0.4) is 0 Å². The summed E-state index contributed by atoms with van der Waals surface area (Å²) in [7, 11) is 0. The largest absolute Gasteiger partial charge is 0.480 e. The van der Waals surface area contributed by atoms with E-state index in [2.05, 4.69) is 22.4 Å². The molecule has 1 aromatic heterocycles. The van der Waals surface area contributed by atoms with E-state index in [9.17, 15) is 9.90 Å². The number of ether oxygens (including phenoxy) is 1. The highest BCUT2D eigenvalue weighted by Crippen LogP contribution is 2.67. The maximum atomic E-state index is 12.8. The molecule has 1 aromatic carbocycles. The second kappa shape index (κ2) is 6.20. The molecule has 2 bridgehead atoms. The second-order valence-electron chi connectivity index (χ2n) is 9.58. The summed E-state index contributed by atoms with van der Waals surface area (Å²) in [5, 5.41) is 22.7. The molecule has 4 aliphatic carbocycles. The number of halogens is 1. The van der Waals surface area contributed by atoms with Crippen molar-refractivity contribution in [2.45, 2.75) is 74.5 Å². The van der Waals surface area contributed by atoms with E-state index in [1.807, 2.05) is 0 Å². The third-order valence-electron chi connectivity index (χ3n) is 7.41. The summed E-state index contributed by atoms with van der Waals surface area (Å²) in [6, 6.07) is 5.08. The minimum absolute atomic E-state index is 0.0780. The standard InChI is InChI=1S/C22H24ClN3O4/c1-2-11-5-13(11)19-25-26-20(30-19)21-8-22(9-21,10-21)24-18(28)17-7-15(27)14-6-12(23)3-4-16(14)29-17/h3-4,6,11,13,15,17,27H,2,5,7-10H2,1H3,(H,24,28)/t11-,13-,15?,17?,21?,22?/m1/s1. The molecular weight excluding hydrogens is 406 g/mol. The van der Waals surface area contributed by atoms with Crippen molar-refractivity contribution in [3.63, 3.8) is 0 Å². The summed E-state index contributed by atoms with van der Waals surface area (Å²) in [6.07, 6.45) is 3.48. The molecule has 4 atom stereocenters. The van der Waals surface area contributed by atoms with E-state index in [1.54, 1.807) is 18.2 Å². The van der Waals surface area contributed by atoms with E-state index < -0.39 is 12.2 Å². The Labute approximate surface area is 179 Å². The molecule has 0 radical (unpaired) electrons.